The van der Waals surface area contributed by atoms with Crippen molar-refractivity contribution in [3.05, 3.63) is 29.8 Å². The van der Waals surface area contributed by atoms with Crippen LogP contribution >= 0.6 is 12.4 Å². The second-order valence-corrected chi connectivity index (χ2v) is 5.15. The quantitative estimate of drug-likeness (QED) is 0.813. The predicted molar refractivity (Wildman–Crippen MR) is 83.2 cm³/mol. The zero-order valence-electron chi connectivity index (χ0n) is 11.9. The Hall–Kier alpha value is -0.730. The number of benzene rings is 1. The summed E-state index contributed by atoms with van der Waals surface area (Å²) in [5.74, 6) is 0.968. The molecule has 0 aliphatic heterocycles. The summed E-state index contributed by atoms with van der Waals surface area (Å²) in [7, 11) is 0. The minimum atomic E-state index is 0. The lowest BCUT2D eigenvalue weighted by molar-refractivity contribution is 0.340. The third-order valence-electron chi connectivity index (χ3n) is 3.68. The standard InChI is InChI=1S/C16H25NO.ClH/c1-2-18-16-11-9-14(10-12-16)13-17-15-7-5-3-4-6-8-15;/h9-12,15,17H,2-8,13H2,1H3;1H. The molecule has 0 aromatic heterocycles. The monoisotopic (exact) mass is 283 g/mol. The fraction of sp³-hybridized carbons (Fsp3) is 0.625. The van der Waals surface area contributed by atoms with Gasteiger partial charge in [0.1, 0.15) is 5.75 Å². The maximum atomic E-state index is 5.45. The molecule has 3 heteroatoms. The van der Waals surface area contributed by atoms with Gasteiger partial charge in [-0.2, -0.15) is 0 Å². The third-order valence-corrected chi connectivity index (χ3v) is 3.68. The van der Waals surface area contributed by atoms with Crippen LogP contribution in [0.2, 0.25) is 0 Å². The van der Waals surface area contributed by atoms with Crippen molar-refractivity contribution in [2.24, 2.45) is 0 Å². The van der Waals surface area contributed by atoms with Crippen molar-refractivity contribution in [2.75, 3.05) is 6.61 Å². The molecule has 19 heavy (non-hydrogen) atoms. The zero-order valence-corrected chi connectivity index (χ0v) is 12.7. The molecule has 1 aliphatic rings. The summed E-state index contributed by atoms with van der Waals surface area (Å²) in [4.78, 5) is 0. The van der Waals surface area contributed by atoms with Gasteiger partial charge in [0, 0.05) is 12.6 Å². The van der Waals surface area contributed by atoms with Crippen molar-refractivity contribution in [2.45, 2.75) is 58.0 Å². The van der Waals surface area contributed by atoms with E-state index in [2.05, 4.69) is 29.6 Å². The molecule has 1 aromatic rings. The van der Waals surface area contributed by atoms with Crippen LogP contribution in [0.4, 0.5) is 0 Å². The fourth-order valence-electron chi connectivity index (χ4n) is 2.62. The predicted octanol–water partition coefficient (Wildman–Crippen LogP) is 4.32. The van der Waals surface area contributed by atoms with Gasteiger partial charge in [-0.25, -0.2) is 0 Å². The molecule has 0 amide bonds. The van der Waals surface area contributed by atoms with E-state index >= 15 is 0 Å². The first-order valence-electron chi connectivity index (χ1n) is 7.33. The SMILES string of the molecule is CCOc1ccc(CNC2CCCCCC2)cc1.Cl. The van der Waals surface area contributed by atoms with Crippen molar-refractivity contribution in [3.8, 4) is 5.75 Å². The van der Waals surface area contributed by atoms with Crippen molar-refractivity contribution in [1.29, 1.82) is 0 Å². The van der Waals surface area contributed by atoms with E-state index in [0.717, 1.165) is 24.9 Å². The minimum absolute atomic E-state index is 0. The Morgan fingerprint density at radius 3 is 2.26 bits per heavy atom. The summed E-state index contributed by atoms with van der Waals surface area (Å²) in [6.07, 6.45) is 8.30. The topological polar surface area (TPSA) is 21.3 Å². The molecule has 1 saturated carbocycles. The number of hydrogen-bond acceptors (Lipinski definition) is 2. The van der Waals surface area contributed by atoms with Gasteiger partial charge in [-0.1, -0.05) is 37.8 Å². The largest absolute Gasteiger partial charge is 0.494 e. The van der Waals surface area contributed by atoms with Gasteiger partial charge in [-0.15, -0.1) is 12.4 Å². The first kappa shape index (κ1) is 16.3. The van der Waals surface area contributed by atoms with E-state index in [1.54, 1.807) is 0 Å². The lowest BCUT2D eigenvalue weighted by Crippen LogP contribution is -2.27. The molecule has 0 saturated heterocycles. The van der Waals surface area contributed by atoms with Gasteiger partial charge in [0.15, 0.2) is 0 Å². The van der Waals surface area contributed by atoms with Crippen molar-refractivity contribution < 1.29 is 4.74 Å². The van der Waals surface area contributed by atoms with Crippen LogP contribution in [-0.2, 0) is 6.54 Å². The summed E-state index contributed by atoms with van der Waals surface area (Å²) in [6, 6.07) is 9.17. The molecule has 0 atom stereocenters. The lowest BCUT2D eigenvalue weighted by atomic mass is 10.1. The Labute approximate surface area is 123 Å². The van der Waals surface area contributed by atoms with E-state index in [1.165, 1.54) is 44.1 Å². The van der Waals surface area contributed by atoms with Crippen LogP contribution in [0.15, 0.2) is 24.3 Å². The number of halogens is 1. The second kappa shape index (κ2) is 9.22. The van der Waals surface area contributed by atoms with E-state index in [4.69, 9.17) is 4.74 Å². The minimum Gasteiger partial charge on any atom is -0.494 e. The smallest absolute Gasteiger partial charge is 0.119 e. The first-order chi connectivity index (χ1) is 8.88. The highest BCUT2D eigenvalue weighted by molar-refractivity contribution is 5.85. The maximum absolute atomic E-state index is 5.45. The van der Waals surface area contributed by atoms with E-state index in [1.807, 2.05) is 6.92 Å². The van der Waals surface area contributed by atoms with Gasteiger partial charge < -0.3 is 10.1 Å². The molecule has 1 N–H and O–H groups in total. The average molecular weight is 284 g/mol. The Balaban J connectivity index is 0.00000180. The fourth-order valence-corrected chi connectivity index (χ4v) is 2.62. The van der Waals surface area contributed by atoms with E-state index in [-0.39, 0.29) is 12.4 Å². The molecule has 0 radical (unpaired) electrons. The zero-order chi connectivity index (χ0) is 12.6. The number of rotatable bonds is 5. The van der Waals surface area contributed by atoms with Gasteiger partial charge in [0.25, 0.3) is 0 Å². The van der Waals surface area contributed by atoms with Crippen LogP contribution in [0.5, 0.6) is 5.75 Å². The Bertz CT molecular complexity index is 331. The molecule has 0 unspecified atom stereocenters. The van der Waals surface area contributed by atoms with Crippen LogP contribution in [0, 0.1) is 0 Å². The van der Waals surface area contributed by atoms with Gasteiger partial charge in [-0.05, 0) is 37.5 Å². The summed E-state index contributed by atoms with van der Waals surface area (Å²) >= 11 is 0. The summed E-state index contributed by atoms with van der Waals surface area (Å²) in [6.45, 7) is 3.73. The summed E-state index contributed by atoms with van der Waals surface area (Å²) in [5, 5.41) is 3.69. The Morgan fingerprint density at radius 1 is 1.05 bits per heavy atom. The Morgan fingerprint density at radius 2 is 1.68 bits per heavy atom. The molecule has 0 bridgehead atoms. The summed E-state index contributed by atoms with van der Waals surface area (Å²) < 4.78 is 5.45. The van der Waals surface area contributed by atoms with Gasteiger partial charge >= 0.3 is 0 Å². The maximum Gasteiger partial charge on any atom is 0.119 e. The Kier molecular flexibility index (Phi) is 7.92. The first-order valence-corrected chi connectivity index (χ1v) is 7.33. The molecular formula is C16H26ClNO. The molecule has 1 fully saturated rings. The van der Waals surface area contributed by atoms with Crippen molar-refractivity contribution in [3.63, 3.8) is 0 Å². The van der Waals surface area contributed by atoms with Gasteiger partial charge in [0.05, 0.1) is 6.61 Å². The molecule has 0 heterocycles. The average Bonchev–Trinajstić information content (AvgIpc) is 2.67. The molecule has 0 spiro atoms. The van der Waals surface area contributed by atoms with Crippen LogP contribution < -0.4 is 10.1 Å². The highest BCUT2D eigenvalue weighted by atomic mass is 35.5. The molecule has 1 aromatic carbocycles. The van der Waals surface area contributed by atoms with Gasteiger partial charge in [0.2, 0.25) is 0 Å². The molecular weight excluding hydrogens is 258 g/mol. The number of ether oxygens (including phenoxy) is 1. The molecule has 2 rings (SSSR count). The summed E-state index contributed by atoms with van der Waals surface area (Å²) in [5.41, 5.74) is 1.35. The molecule has 108 valence electrons. The third kappa shape index (κ3) is 5.84. The normalized spacial score (nSPS) is 16.5. The lowest BCUT2D eigenvalue weighted by Gasteiger charge is -2.16. The van der Waals surface area contributed by atoms with E-state index in [9.17, 15) is 0 Å². The van der Waals surface area contributed by atoms with Gasteiger partial charge in [-0.3, -0.25) is 0 Å². The number of hydrogen-bond donors (Lipinski definition) is 1. The van der Waals surface area contributed by atoms with Crippen LogP contribution in [-0.4, -0.2) is 12.6 Å². The molecule has 1 aliphatic carbocycles. The highest BCUT2D eigenvalue weighted by Crippen LogP contribution is 2.18. The van der Waals surface area contributed by atoms with Crippen molar-refractivity contribution >= 4 is 12.4 Å². The highest BCUT2D eigenvalue weighted by Gasteiger charge is 2.11. The van der Waals surface area contributed by atoms with Crippen LogP contribution in [0.1, 0.15) is 51.0 Å². The number of nitrogens with one attached hydrogen (secondary N) is 1. The molecule has 2 nitrogen and oxygen atoms in total. The van der Waals surface area contributed by atoms with Crippen molar-refractivity contribution in [1.82, 2.24) is 5.32 Å². The van der Waals surface area contributed by atoms with E-state index < -0.39 is 0 Å². The van der Waals surface area contributed by atoms with Crippen LogP contribution in [0.3, 0.4) is 0 Å². The second-order valence-electron chi connectivity index (χ2n) is 5.15. The van der Waals surface area contributed by atoms with E-state index in [0.29, 0.717) is 0 Å². The van der Waals surface area contributed by atoms with Crippen LogP contribution in [0.25, 0.3) is 0 Å².